The van der Waals surface area contributed by atoms with Crippen LogP contribution in [-0.2, 0) is 4.74 Å². The van der Waals surface area contributed by atoms with Crippen LogP contribution in [0.5, 0.6) is 0 Å². The smallest absolute Gasteiger partial charge is 0.0948 e. The number of anilines is 1. The molecule has 1 aliphatic carbocycles. The van der Waals surface area contributed by atoms with Crippen LogP contribution in [0.15, 0.2) is 30.5 Å². The van der Waals surface area contributed by atoms with Crippen LogP contribution in [0, 0.1) is 5.92 Å². The van der Waals surface area contributed by atoms with Crippen molar-refractivity contribution in [3.05, 3.63) is 35.5 Å². The maximum absolute atomic E-state index is 6.21. The van der Waals surface area contributed by atoms with Crippen LogP contribution in [0.2, 0.25) is 5.02 Å². The number of methoxy groups -OCH3 is 1. The van der Waals surface area contributed by atoms with Gasteiger partial charge in [0.1, 0.15) is 0 Å². The average Bonchev–Trinajstić information content (AvgIpc) is 3.26. The summed E-state index contributed by atoms with van der Waals surface area (Å²) in [7, 11) is 1.75. The van der Waals surface area contributed by atoms with Gasteiger partial charge in [-0.05, 0) is 43.0 Å². The zero-order valence-corrected chi connectivity index (χ0v) is 11.7. The standard InChI is InChI=1S/C15H17ClN2O/c1-19-9-14(10-4-5-10)18-13-7-6-12(16)11-3-2-8-17-15(11)13/h2-3,6-8,10,14,18H,4-5,9H2,1H3. The molecule has 0 radical (unpaired) electrons. The summed E-state index contributed by atoms with van der Waals surface area (Å²) in [5, 5.41) is 5.29. The predicted octanol–water partition coefficient (Wildman–Crippen LogP) is 3.73. The van der Waals surface area contributed by atoms with Crippen molar-refractivity contribution in [3.8, 4) is 0 Å². The van der Waals surface area contributed by atoms with E-state index in [0.29, 0.717) is 6.04 Å². The minimum atomic E-state index is 0.358. The first-order valence-corrected chi connectivity index (χ1v) is 6.96. The minimum absolute atomic E-state index is 0.358. The van der Waals surface area contributed by atoms with Crippen molar-refractivity contribution in [1.29, 1.82) is 0 Å². The lowest BCUT2D eigenvalue weighted by atomic mass is 10.1. The molecule has 4 heteroatoms. The van der Waals surface area contributed by atoms with Crippen LogP contribution in [0.1, 0.15) is 12.8 Å². The molecule has 0 spiro atoms. The summed E-state index contributed by atoms with van der Waals surface area (Å²) in [6.07, 6.45) is 4.35. The fourth-order valence-corrected chi connectivity index (χ4v) is 2.64. The van der Waals surface area contributed by atoms with Gasteiger partial charge in [-0.1, -0.05) is 11.6 Å². The lowest BCUT2D eigenvalue weighted by Crippen LogP contribution is -2.27. The summed E-state index contributed by atoms with van der Waals surface area (Å²) in [6.45, 7) is 0.724. The molecule has 19 heavy (non-hydrogen) atoms. The van der Waals surface area contributed by atoms with E-state index in [1.54, 1.807) is 13.3 Å². The Bertz CT molecular complexity index is 583. The quantitative estimate of drug-likeness (QED) is 0.904. The fraction of sp³-hybridized carbons (Fsp3) is 0.400. The van der Waals surface area contributed by atoms with Crippen LogP contribution in [0.4, 0.5) is 5.69 Å². The summed E-state index contributed by atoms with van der Waals surface area (Å²) in [4.78, 5) is 4.45. The second kappa shape index (κ2) is 5.35. The maximum Gasteiger partial charge on any atom is 0.0948 e. The highest BCUT2D eigenvalue weighted by Gasteiger charge is 2.31. The Kier molecular flexibility index (Phi) is 3.58. The van der Waals surface area contributed by atoms with E-state index in [1.807, 2.05) is 24.3 Å². The molecule has 3 rings (SSSR count). The second-order valence-electron chi connectivity index (χ2n) is 5.04. The van der Waals surface area contributed by atoms with E-state index in [-0.39, 0.29) is 0 Å². The van der Waals surface area contributed by atoms with Gasteiger partial charge in [0.25, 0.3) is 0 Å². The predicted molar refractivity (Wildman–Crippen MR) is 78.8 cm³/mol. The molecule has 1 aliphatic rings. The van der Waals surface area contributed by atoms with Crippen molar-refractivity contribution in [2.75, 3.05) is 19.0 Å². The minimum Gasteiger partial charge on any atom is -0.383 e. The van der Waals surface area contributed by atoms with E-state index in [9.17, 15) is 0 Å². The van der Waals surface area contributed by atoms with Gasteiger partial charge < -0.3 is 10.1 Å². The van der Waals surface area contributed by atoms with Crippen molar-refractivity contribution in [2.45, 2.75) is 18.9 Å². The largest absolute Gasteiger partial charge is 0.383 e. The third-order valence-electron chi connectivity index (χ3n) is 3.59. The maximum atomic E-state index is 6.21. The summed E-state index contributed by atoms with van der Waals surface area (Å²) >= 11 is 6.21. The summed E-state index contributed by atoms with van der Waals surface area (Å²) in [6, 6.07) is 8.19. The first-order chi connectivity index (χ1) is 9.29. The average molecular weight is 277 g/mol. The normalized spacial score (nSPS) is 16.5. The number of ether oxygens (including phenoxy) is 1. The van der Waals surface area contributed by atoms with Crippen molar-refractivity contribution in [2.24, 2.45) is 5.92 Å². The Morgan fingerprint density at radius 1 is 1.42 bits per heavy atom. The molecule has 2 aromatic rings. The van der Waals surface area contributed by atoms with E-state index in [2.05, 4.69) is 10.3 Å². The number of hydrogen-bond acceptors (Lipinski definition) is 3. The van der Waals surface area contributed by atoms with Gasteiger partial charge in [0.2, 0.25) is 0 Å². The molecule has 0 saturated heterocycles. The van der Waals surface area contributed by atoms with Crippen LogP contribution in [0.25, 0.3) is 10.9 Å². The Morgan fingerprint density at radius 2 is 2.26 bits per heavy atom. The summed E-state index contributed by atoms with van der Waals surface area (Å²) in [5.74, 6) is 0.717. The van der Waals surface area contributed by atoms with E-state index in [4.69, 9.17) is 16.3 Å². The molecule has 1 aromatic carbocycles. The lowest BCUT2D eigenvalue weighted by molar-refractivity contribution is 0.179. The molecule has 1 heterocycles. The van der Waals surface area contributed by atoms with Gasteiger partial charge in [-0.25, -0.2) is 0 Å². The highest BCUT2D eigenvalue weighted by atomic mass is 35.5. The molecule has 0 amide bonds. The van der Waals surface area contributed by atoms with Gasteiger partial charge in [0.05, 0.1) is 28.9 Å². The zero-order chi connectivity index (χ0) is 13.2. The van der Waals surface area contributed by atoms with Crippen LogP contribution >= 0.6 is 11.6 Å². The molecule has 1 fully saturated rings. The highest BCUT2D eigenvalue weighted by Crippen LogP contribution is 2.36. The van der Waals surface area contributed by atoms with Gasteiger partial charge in [0, 0.05) is 18.7 Å². The first kappa shape index (κ1) is 12.7. The van der Waals surface area contributed by atoms with Crippen LogP contribution < -0.4 is 5.32 Å². The van der Waals surface area contributed by atoms with E-state index < -0.39 is 0 Å². The Labute approximate surface area is 117 Å². The van der Waals surface area contributed by atoms with Gasteiger partial charge in [-0.2, -0.15) is 0 Å². The van der Waals surface area contributed by atoms with E-state index >= 15 is 0 Å². The molecule has 0 bridgehead atoms. The number of pyridine rings is 1. The number of aromatic nitrogens is 1. The number of nitrogens with zero attached hydrogens (tertiary/aromatic N) is 1. The van der Waals surface area contributed by atoms with Gasteiger partial charge in [-0.15, -0.1) is 0 Å². The molecule has 3 nitrogen and oxygen atoms in total. The van der Waals surface area contributed by atoms with Gasteiger partial charge in [-0.3, -0.25) is 4.98 Å². The summed E-state index contributed by atoms with van der Waals surface area (Å²) in [5.41, 5.74) is 1.96. The topological polar surface area (TPSA) is 34.1 Å². The number of fused-ring (bicyclic) bond motifs is 1. The number of hydrogen-bond donors (Lipinski definition) is 1. The number of halogens is 1. The third-order valence-corrected chi connectivity index (χ3v) is 3.92. The number of benzene rings is 1. The van der Waals surface area contributed by atoms with Crippen molar-refractivity contribution >= 4 is 28.2 Å². The molecule has 1 unspecified atom stereocenters. The lowest BCUT2D eigenvalue weighted by Gasteiger charge is -2.19. The molecule has 100 valence electrons. The molecule has 1 atom stereocenters. The Hall–Kier alpha value is -1.32. The van der Waals surface area contributed by atoms with Crippen LogP contribution in [-0.4, -0.2) is 24.7 Å². The molecular weight excluding hydrogens is 260 g/mol. The van der Waals surface area contributed by atoms with Gasteiger partial charge in [0.15, 0.2) is 0 Å². The monoisotopic (exact) mass is 276 g/mol. The Balaban J connectivity index is 1.93. The third kappa shape index (κ3) is 2.67. The number of nitrogens with one attached hydrogen (secondary N) is 1. The molecular formula is C15H17ClN2O. The van der Waals surface area contributed by atoms with Gasteiger partial charge >= 0.3 is 0 Å². The van der Waals surface area contributed by atoms with E-state index in [1.165, 1.54) is 12.8 Å². The fourth-order valence-electron chi connectivity index (χ4n) is 2.43. The molecule has 1 saturated carbocycles. The Morgan fingerprint density at radius 3 is 3.00 bits per heavy atom. The zero-order valence-electron chi connectivity index (χ0n) is 10.9. The van der Waals surface area contributed by atoms with Crippen LogP contribution in [0.3, 0.4) is 0 Å². The highest BCUT2D eigenvalue weighted by molar-refractivity contribution is 6.35. The SMILES string of the molecule is COCC(Nc1ccc(Cl)c2cccnc12)C1CC1. The summed E-state index contributed by atoms with van der Waals surface area (Å²) < 4.78 is 5.30. The van der Waals surface area contributed by atoms with Crippen molar-refractivity contribution in [1.82, 2.24) is 4.98 Å². The van der Waals surface area contributed by atoms with Crippen molar-refractivity contribution < 1.29 is 4.74 Å². The second-order valence-corrected chi connectivity index (χ2v) is 5.45. The van der Waals surface area contributed by atoms with Crippen molar-refractivity contribution in [3.63, 3.8) is 0 Å². The molecule has 0 aliphatic heterocycles. The van der Waals surface area contributed by atoms with E-state index in [0.717, 1.165) is 34.1 Å². The number of rotatable bonds is 5. The molecule has 1 N–H and O–H groups in total. The molecule has 1 aromatic heterocycles. The first-order valence-electron chi connectivity index (χ1n) is 6.58.